The number of hydrogen-bond donors (Lipinski definition) is 1. The van der Waals surface area contributed by atoms with E-state index in [2.05, 4.69) is 10.3 Å². The zero-order valence-electron chi connectivity index (χ0n) is 11.9. The third kappa shape index (κ3) is 3.10. The van der Waals surface area contributed by atoms with Gasteiger partial charge >= 0.3 is 0 Å². The number of hydrogen-bond acceptors (Lipinski definition) is 5. The van der Waals surface area contributed by atoms with Gasteiger partial charge in [0.2, 0.25) is 0 Å². The third-order valence-corrected chi connectivity index (χ3v) is 4.37. The van der Waals surface area contributed by atoms with Crippen LogP contribution in [-0.2, 0) is 4.79 Å². The molecule has 0 bridgehead atoms. The number of benzene rings is 1. The molecule has 0 radical (unpaired) electrons. The van der Waals surface area contributed by atoms with E-state index in [0.29, 0.717) is 10.7 Å². The van der Waals surface area contributed by atoms with Crippen molar-refractivity contribution in [2.75, 3.05) is 5.32 Å². The van der Waals surface area contributed by atoms with Crippen molar-refractivity contribution in [1.82, 2.24) is 4.98 Å². The topological polar surface area (TPSA) is 82.8 Å². The van der Waals surface area contributed by atoms with Gasteiger partial charge < -0.3 is 5.32 Å². The van der Waals surface area contributed by atoms with Crippen LogP contribution < -0.4 is 5.32 Å². The van der Waals surface area contributed by atoms with Crippen LogP contribution in [0.2, 0.25) is 0 Å². The monoisotopic (exact) mass is 321 g/mol. The molecule has 0 unspecified atom stereocenters. The van der Waals surface area contributed by atoms with E-state index in [0.717, 1.165) is 10.1 Å². The Hall–Kier alpha value is -3.04. The Labute approximate surface area is 136 Å². The normalized spacial score (nSPS) is 11.6. The summed E-state index contributed by atoms with van der Waals surface area (Å²) in [7, 11) is 0. The summed E-state index contributed by atoms with van der Waals surface area (Å²) in [6, 6.07) is 16.0. The fourth-order valence-electron chi connectivity index (χ4n) is 2.12. The van der Waals surface area contributed by atoms with Crippen LogP contribution in [0.4, 0.5) is 5.82 Å². The molecule has 0 spiro atoms. The summed E-state index contributed by atoms with van der Waals surface area (Å²) in [5.41, 5.74) is 0. The molecule has 0 aliphatic carbocycles. The lowest BCUT2D eigenvalue weighted by Crippen LogP contribution is -2.28. The molecule has 1 N–H and O–H groups in total. The molecule has 0 saturated carbocycles. The Morgan fingerprint density at radius 3 is 2.65 bits per heavy atom. The largest absolute Gasteiger partial charge is 0.309 e. The summed E-state index contributed by atoms with van der Waals surface area (Å²) in [4.78, 5) is 29.0. The summed E-state index contributed by atoms with van der Waals surface area (Å²) in [5.74, 6) is -2.26. The highest BCUT2D eigenvalue weighted by Gasteiger charge is 2.29. The van der Waals surface area contributed by atoms with E-state index in [9.17, 15) is 14.9 Å². The Bertz CT molecular complexity index is 879. The van der Waals surface area contributed by atoms with Crippen LogP contribution in [0.15, 0.2) is 54.7 Å². The van der Waals surface area contributed by atoms with Gasteiger partial charge in [-0.3, -0.25) is 9.59 Å². The first-order chi connectivity index (χ1) is 11.2. The van der Waals surface area contributed by atoms with Gasteiger partial charge in [-0.25, -0.2) is 4.98 Å². The van der Waals surface area contributed by atoms with Crippen molar-refractivity contribution < 1.29 is 9.59 Å². The highest BCUT2D eigenvalue weighted by molar-refractivity contribution is 7.20. The van der Waals surface area contributed by atoms with Gasteiger partial charge in [-0.05, 0) is 29.7 Å². The molecule has 1 aromatic carbocycles. The molecule has 0 aliphatic heterocycles. The van der Waals surface area contributed by atoms with Gasteiger partial charge in [0.05, 0.1) is 10.9 Å². The number of anilines is 1. The number of pyridine rings is 1. The number of aromatic nitrogens is 1. The van der Waals surface area contributed by atoms with Crippen molar-refractivity contribution in [2.24, 2.45) is 5.92 Å². The van der Waals surface area contributed by atoms with Crippen molar-refractivity contribution >= 4 is 38.9 Å². The Kier molecular flexibility index (Phi) is 4.13. The van der Waals surface area contributed by atoms with Crippen molar-refractivity contribution in [3.63, 3.8) is 0 Å². The molecule has 3 rings (SSSR count). The van der Waals surface area contributed by atoms with Crippen molar-refractivity contribution in [3.8, 4) is 6.07 Å². The molecule has 0 aliphatic rings. The second-order valence-electron chi connectivity index (χ2n) is 4.78. The van der Waals surface area contributed by atoms with Gasteiger partial charge in [-0.1, -0.05) is 24.3 Å². The van der Waals surface area contributed by atoms with Gasteiger partial charge in [0.25, 0.3) is 5.91 Å². The first-order valence-corrected chi connectivity index (χ1v) is 7.65. The zero-order chi connectivity index (χ0) is 16.2. The van der Waals surface area contributed by atoms with Gasteiger partial charge in [0, 0.05) is 10.9 Å². The number of amides is 1. The number of ketones is 1. The summed E-state index contributed by atoms with van der Waals surface area (Å²) < 4.78 is 0.942. The molecule has 23 heavy (non-hydrogen) atoms. The van der Waals surface area contributed by atoms with E-state index >= 15 is 0 Å². The van der Waals surface area contributed by atoms with E-state index in [1.165, 1.54) is 17.5 Å². The molecule has 0 saturated heterocycles. The molecule has 0 fully saturated rings. The quantitative estimate of drug-likeness (QED) is 0.590. The van der Waals surface area contributed by atoms with E-state index in [-0.39, 0.29) is 0 Å². The van der Waals surface area contributed by atoms with E-state index in [4.69, 9.17) is 0 Å². The highest BCUT2D eigenvalue weighted by atomic mass is 32.1. The maximum absolute atomic E-state index is 12.5. The first kappa shape index (κ1) is 14.9. The van der Waals surface area contributed by atoms with E-state index in [1.807, 2.05) is 24.3 Å². The number of thiophene rings is 1. The molecular formula is C17H11N3O2S. The number of rotatable bonds is 4. The summed E-state index contributed by atoms with van der Waals surface area (Å²) in [6.07, 6.45) is 1.52. The molecule has 1 amide bonds. The van der Waals surface area contributed by atoms with Crippen LogP contribution >= 0.6 is 11.3 Å². The van der Waals surface area contributed by atoms with E-state index in [1.54, 1.807) is 30.3 Å². The minimum Gasteiger partial charge on any atom is -0.309 e. The van der Waals surface area contributed by atoms with Crippen molar-refractivity contribution in [3.05, 3.63) is 59.6 Å². The molecule has 2 heterocycles. The van der Waals surface area contributed by atoms with Crippen LogP contribution in [-0.4, -0.2) is 16.7 Å². The lowest BCUT2D eigenvalue weighted by molar-refractivity contribution is -0.117. The minimum atomic E-state index is -1.40. The molecule has 5 nitrogen and oxygen atoms in total. The molecule has 6 heteroatoms. The second kappa shape index (κ2) is 6.38. The van der Waals surface area contributed by atoms with Gasteiger partial charge in [-0.2, -0.15) is 5.26 Å². The Balaban J connectivity index is 1.83. The fourth-order valence-corrected chi connectivity index (χ4v) is 3.15. The Morgan fingerprint density at radius 2 is 1.96 bits per heavy atom. The minimum absolute atomic E-state index is 0.307. The predicted molar refractivity (Wildman–Crippen MR) is 88.1 cm³/mol. The predicted octanol–water partition coefficient (Wildman–Crippen LogP) is 3.26. The second-order valence-corrected chi connectivity index (χ2v) is 5.86. The van der Waals surface area contributed by atoms with Crippen LogP contribution in [0, 0.1) is 17.2 Å². The summed E-state index contributed by atoms with van der Waals surface area (Å²) in [6.45, 7) is 0. The summed E-state index contributed by atoms with van der Waals surface area (Å²) >= 11 is 1.28. The SMILES string of the molecule is N#C[C@H](C(=O)Nc1ccccn1)C(=O)c1cc2ccccc2s1. The average Bonchev–Trinajstić information content (AvgIpc) is 3.00. The molecule has 3 aromatic rings. The molecule has 112 valence electrons. The molecule has 1 atom stereocenters. The fraction of sp³-hybridized carbons (Fsp3) is 0.0588. The van der Waals surface area contributed by atoms with Gasteiger partial charge in [0.15, 0.2) is 11.7 Å². The molecule has 2 aromatic heterocycles. The zero-order valence-corrected chi connectivity index (χ0v) is 12.7. The van der Waals surface area contributed by atoms with Crippen LogP contribution in [0.3, 0.4) is 0 Å². The summed E-state index contributed by atoms with van der Waals surface area (Å²) in [5, 5.41) is 12.6. The van der Waals surface area contributed by atoms with Gasteiger partial charge in [-0.15, -0.1) is 11.3 Å². The molecular weight excluding hydrogens is 310 g/mol. The number of nitrogens with zero attached hydrogens (tertiary/aromatic N) is 2. The standard InChI is InChI=1S/C17H11N3O2S/c18-10-12(17(22)20-15-7-3-4-8-19-15)16(21)14-9-11-5-1-2-6-13(11)23-14/h1-9,12H,(H,19,20,22)/t12-/m0/s1. The van der Waals surface area contributed by atoms with Crippen molar-refractivity contribution in [2.45, 2.75) is 0 Å². The number of carbonyl (C=O) groups is 2. The number of Topliss-reactive ketones (excluding diaryl/α,β-unsaturated/α-hetero) is 1. The number of fused-ring (bicyclic) bond motifs is 1. The van der Waals surface area contributed by atoms with Crippen LogP contribution in [0.1, 0.15) is 9.67 Å². The first-order valence-electron chi connectivity index (χ1n) is 6.83. The van der Waals surface area contributed by atoms with Crippen LogP contribution in [0.5, 0.6) is 0 Å². The average molecular weight is 321 g/mol. The lowest BCUT2D eigenvalue weighted by Gasteiger charge is -2.07. The van der Waals surface area contributed by atoms with E-state index < -0.39 is 17.6 Å². The third-order valence-electron chi connectivity index (χ3n) is 3.24. The van der Waals surface area contributed by atoms with Crippen molar-refractivity contribution in [1.29, 1.82) is 5.26 Å². The number of nitriles is 1. The smallest absolute Gasteiger partial charge is 0.250 e. The van der Waals surface area contributed by atoms with Crippen LogP contribution in [0.25, 0.3) is 10.1 Å². The highest BCUT2D eigenvalue weighted by Crippen LogP contribution is 2.27. The number of nitrogens with one attached hydrogen (secondary N) is 1. The maximum atomic E-state index is 12.5. The van der Waals surface area contributed by atoms with Gasteiger partial charge in [0.1, 0.15) is 5.82 Å². The maximum Gasteiger partial charge on any atom is 0.250 e. The Morgan fingerprint density at radius 1 is 1.17 bits per heavy atom. The number of carbonyl (C=O) groups excluding carboxylic acids is 2. The lowest BCUT2D eigenvalue weighted by atomic mass is 10.0.